The largest absolute Gasteiger partial charge is 0.440 e. The van der Waals surface area contributed by atoms with E-state index in [0.29, 0.717) is 0 Å². The molecule has 7 heteroatoms. The van der Waals surface area contributed by atoms with Gasteiger partial charge in [0.2, 0.25) is 0 Å². The highest BCUT2D eigenvalue weighted by molar-refractivity contribution is 7.81. The van der Waals surface area contributed by atoms with Crippen molar-refractivity contribution in [3.8, 4) is 0 Å². The van der Waals surface area contributed by atoms with Crippen molar-refractivity contribution in [1.29, 1.82) is 0 Å². The first-order valence-electron chi connectivity index (χ1n) is 1.13. The molecule has 0 radical (unpaired) electrons. The Balaban J connectivity index is 0. The predicted octanol–water partition coefficient (Wildman–Crippen LogP) is 2.15. The van der Waals surface area contributed by atoms with Gasteiger partial charge in [0.05, 0.1) is 0 Å². The molecule has 0 N–H and O–H groups in total. The summed E-state index contributed by atoms with van der Waals surface area (Å²) in [5, 5.41) is -2.72. The van der Waals surface area contributed by atoms with Crippen molar-refractivity contribution in [3.63, 3.8) is 0 Å². The Hall–Kier alpha value is 2.20. The highest BCUT2D eigenvalue weighted by Crippen LogP contribution is 2.23. The molecular weight excluding hydrogens is 232 g/mol. The van der Waals surface area contributed by atoms with E-state index in [4.69, 9.17) is 54.4 Å². The van der Waals surface area contributed by atoms with Gasteiger partial charge in [0.25, 0.3) is 0 Å². The molecule has 0 aromatic rings. The van der Waals surface area contributed by atoms with Crippen LogP contribution in [0, 0.1) is 0 Å². The van der Waals surface area contributed by atoms with E-state index in [1.807, 2.05) is 0 Å². The van der Waals surface area contributed by atoms with E-state index >= 15 is 0 Å². The molecule has 44 valence electrons. The van der Waals surface area contributed by atoms with Crippen LogP contribution in [0.3, 0.4) is 0 Å². The normalized spacial score (nSPS) is 9.29. The van der Waals surface area contributed by atoms with Gasteiger partial charge in [-0.05, 0) is 0 Å². The minimum atomic E-state index is -2.72. The Bertz CT molecular complexity index is 23.6. The van der Waals surface area contributed by atoms with Crippen molar-refractivity contribution in [1.82, 2.24) is 0 Å². The molecule has 0 spiro atoms. The highest BCUT2D eigenvalue weighted by atomic mass is 36.0. The Labute approximate surface area is 74.5 Å². The third kappa shape index (κ3) is 65.1. The topological polar surface area (TPSA) is 0 Å². The van der Waals surface area contributed by atoms with E-state index in [2.05, 4.69) is 0 Å². The van der Waals surface area contributed by atoms with Crippen LogP contribution in [-0.2, 0) is 0 Å². The Morgan fingerprint density at radius 1 is 0.857 bits per heavy atom. The molecule has 0 saturated heterocycles. The van der Waals surface area contributed by atoms with E-state index < -0.39 is 5.31 Å². The molecule has 0 nitrogen and oxygen atoms in total. The number of halogens is 5. The zero-order valence-electron chi connectivity index (χ0n) is 3.39. The summed E-state index contributed by atoms with van der Waals surface area (Å²) in [5.74, 6) is 0. The van der Waals surface area contributed by atoms with E-state index in [1.165, 1.54) is 0 Å². The molecular formula is H2AlCl5Si. The van der Waals surface area contributed by atoms with Crippen molar-refractivity contribution < 1.29 is 0 Å². The summed E-state index contributed by atoms with van der Waals surface area (Å²) >= 11 is 20.6. The van der Waals surface area contributed by atoms with Gasteiger partial charge in [-0.3, -0.25) is 10.0 Å². The van der Waals surface area contributed by atoms with Crippen LogP contribution in [0.15, 0.2) is 0 Å². The van der Waals surface area contributed by atoms with Crippen LogP contribution >= 0.6 is 54.4 Å². The lowest BCUT2D eigenvalue weighted by Crippen LogP contribution is -1.91. The van der Waals surface area contributed by atoms with Crippen LogP contribution in [-0.4, -0.2) is 20.7 Å². The second-order valence-corrected chi connectivity index (χ2v) is 11.6. The van der Waals surface area contributed by atoms with E-state index in [1.54, 1.807) is 0 Å². The predicted molar refractivity (Wildman–Crippen MR) is 43.6 cm³/mol. The highest BCUT2D eigenvalue weighted by Gasteiger charge is 2.19. The first-order valence-corrected chi connectivity index (χ1v) is 10.2. The fraction of sp³-hybridized carbons (Fsp3) is 0. The molecule has 7 heavy (non-hydrogen) atoms. The molecule has 0 aliphatic heterocycles. The summed E-state index contributed by atoms with van der Waals surface area (Å²) in [6.07, 6.45) is 0. The van der Waals surface area contributed by atoms with Gasteiger partial charge in [0.1, 0.15) is 0 Å². The van der Waals surface area contributed by atoms with Gasteiger partial charge in [0, 0.05) is 0 Å². The average molecular weight is 234 g/mol. The molecule has 0 saturated carbocycles. The van der Waals surface area contributed by atoms with Crippen LogP contribution in [0.25, 0.3) is 0 Å². The van der Waals surface area contributed by atoms with Crippen LogP contribution in [0.4, 0.5) is 0 Å². The SMILES string of the molecule is Cl[Si](Cl)(Cl)Cl.[AlH2][Cl]. The van der Waals surface area contributed by atoms with Crippen LogP contribution in [0.1, 0.15) is 0 Å². The molecule has 0 bridgehead atoms. The summed E-state index contributed by atoms with van der Waals surface area (Å²) in [5.41, 5.74) is 0. The smallest absolute Gasteiger partial charge is 0.273 e. The molecule has 0 heterocycles. The van der Waals surface area contributed by atoms with Crippen molar-refractivity contribution in [3.05, 3.63) is 0 Å². The van der Waals surface area contributed by atoms with Gasteiger partial charge in [-0.2, -0.15) is 0 Å². The van der Waals surface area contributed by atoms with Crippen molar-refractivity contribution in [2.45, 2.75) is 0 Å². The maximum Gasteiger partial charge on any atom is 0.440 e. The second-order valence-electron chi connectivity index (χ2n) is 0.429. The fourth-order valence-electron chi connectivity index (χ4n) is 0. The maximum absolute atomic E-state index is 4.97. The average Bonchev–Trinajstić information content (AvgIpc) is 1.36. The summed E-state index contributed by atoms with van der Waals surface area (Å²) in [7, 11) is 4.78. The summed E-state index contributed by atoms with van der Waals surface area (Å²) < 4.78 is 0. The quantitative estimate of drug-likeness (QED) is 0.445. The van der Waals surface area contributed by atoms with Crippen molar-refractivity contribution >= 4 is 75.0 Å². The molecule has 0 atom stereocenters. The van der Waals surface area contributed by atoms with Gasteiger partial charge in [-0.15, -0.1) is 44.3 Å². The Morgan fingerprint density at radius 2 is 0.857 bits per heavy atom. The summed E-state index contributed by atoms with van der Waals surface area (Å²) in [6.45, 7) is 0. The molecule has 0 aliphatic rings. The van der Waals surface area contributed by atoms with Crippen LogP contribution in [0.2, 0.25) is 0 Å². The Morgan fingerprint density at radius 3 is 0.857 bits per heavy atom. The summed E-state index contributed by atoms with van der Waals surface area (Å²) in [4.78, 5) is 0. The van der Waals surface area contributed by atoms with Crippen LogP contribution in [0.5, 0.6) is 0 Å². The van der Waals surface area contributed by atoms with Crippen LogP contribution < -0.4 is 0 Å². The summed E-state index contributed by atoms with van der Waals surface area (Å²) in [6, 6.07) is 0. The molecule has 0 aliphatic carbocycles. The van der Waals surface area contributed by atoms with Gasteiger partial charge in [-0.25, -0.2) is 0 Å². The zero-order chi connectivity index (χ0) is 6.50. The third-order valence-corrected chi connectivity index (χ3v) is 0. The minimum absolute atomic E-state index is 0.778. The standard InChI is InChI=1S/Al.Cl4Si.ClH.2H/c;1-5(2,3)4;;;/h;;1H;;/q+1;;;;/p-1. The van der Waals surface area contributed by atoms with Gasteiger partial charge in [-0.1, -0.05) is 0 Å². The molecule has 0 amide bonds. The third-order valence-electron chi connectivity index (χ3n) is 0. The molecule has 0 fully saturated rings. The maximum atomic E-state index is 4.97. The van der Waals surface area contributed by atoms with Gasteiger partial charge < -0.3 is 0 Å². The van der Waals surface area contributed by atoms with E-state index in [-0.39, 0.29) is 0 Å². The Kier molecular flexibility index (Phi) is 10.8. The number of hydrogen-bond acceptors (Lipinski definition) is 0. The lowest BCUT2D eigenvalue weighted by Gasteiger charge is -1.85. The molecule has 0 aromatic heterocycles. The van der Waals surface area contributed by atoms with Crippen molar-refractivity contribution in [2.24, 2.45) is 0 Å². The lowest BCUT2D eigenvalue weighted by molar-refractivity contribution is 3.80. The minimum Gasteiger partial charge on any atom is -0.273 e. The van der Waals surface area contributed by atoms with Gasteiger partial charge in [0.15, 0.2) is 0 Å². The molecule has 0 unspecified atom stereocenters. The number of hydrogen-bond donors (Lipinski definition) is 0. The fourth-order valence-corrected chi connectivity index (χ4v) is 0. The first-order chi connectivity index (χ1) is 3.00. The lowest BCUT2D eigenvalue weighted by atomic mass is 26.9. The first kappa shape index (κ1) is 11.9. The van der Waals surface area contributed by atoms with Crippen molar-refractivity contribution in [2.75, 3.05) is 0 Å². The second kappa shape index (κ2) is 6.32. The van der Waals surface area contributed by atoms with E-state index in [0.717, 1.165) is 15.4 Å². The monoisotopic (exact) mass is 232 g/mol. The zero-order valence-corrected chi connectivity index (χ0v) is 10.2. The van der Waals surface area contributed by atoms with Gasteiger partial charge >= 0.3 is 20.7 Å². The number of rotatable bonds is 0. The molecule has 0 aromatic carbocycles. The molecule has 0 rings (SSSR count). The van der Waals surface area contributed by atoms with E-state index in [9.17, 15) is 0 Å².